The van der Waals surface area contributed by atoms with Crippen LogP contribution in [-0.4, -0.2) is 61.8 Å². The molecule has 246 valence electrons. The van der Waals surface area contributed by atoms with E-state index in [1.165, 1.54) is 37.4 Å². The Morgan fingerprint density at radius 3 is 2.25 bits per heavy atom. The summed E-state index contributed by atoms with van der Waals surface area (Å²) in [6.07, 6.45) is 1.34. The first-order chi connectivity index (χ1) is 22.8. The van der Waals surface area contributed by atoms with Crippen molar-refractivity contribution in [3.63, 3.8) is 0 Å². The SMILES string of the molecule is COc1cccc([C@H]2C3=CC[C@@H]4C(=O)N(c5ccc(C(=O)O)c(O)c5)C(=O)[C@@H]4[C@@H]3C[C@@]3(Cl)C(=O)N(c4ccc(F)cc4)C(=O)[C@@]23Cl)c1O. The van der Waals surface area contributed by atoms with E-state index in [9.17, 15) is 43.7 Å². The molecule has 0 radical (unpaired) electrons. The molecular formula is C34H25Cl2FN2O9. The molecule has 6 atom stereocenters. The fourth-order valence-corrected chi connectivity index (χ4v) is 8.70. The fraction of sp³-hybridized carbons (Fsp3) is 0.265. The Bertz CT molecular complexity index is 2000. The predicted octanol–water partition coefficient (Wildman–Crippen LogP) is 4.71. The highest BCUT2D eigenvalue weighted by atomic mass is 35.5. The molecule has 0 unspecified atom stereocenters. The quantitative estimate of drug-likeness (QED) is 0.195. The average molecular weight is 695 g/mol. The first kappa shape index (κ1) is 31.6. The van der Waals surface area contributed by atoms with Crippen molar-refractivity contribution >= 4 is 64.2 Å². The summed E-state index contributed by atoms with van der Waals surface area (Å²) in [7, 11) is 1.33. The molecule has 2 heterocycles. The largest absolute Gasteiger partial charge is 0.507 e. The first-order valence-corrected chi connectivity index (χ1v) is 15.5. The lowest BCUT2D eigenvalue weighted by Crippen LogP contribution is -2.60. The Balaban J connectivity index is 1.39. The lowest BCUT2D eigenvalue weighted by molar-refractivity contribution is -0.125. The highest BCUT2D eigenvalue weighted by Gasteiger charge is 2.77. The van der Waals surface area contributed by atoms with Crippen molar-refractivity contribution in [3.05, 3.63) is 89.3 Å². The Labute approximate surface area is 281 Å². The Morgan fingerprint density at radius 1 is 0.917 bits per heavy atom. The molecule has 48 heavy (non-hydrogen) atoms. The number of alkyl halides is 2. The van der Waals surface area contributed by atoms with E-state index in [1.807, 2.05) is 0 Å². The molecule has 7 rings (SSSR count). The number of benzene rings is 3. The zero-order valence-electron chi connectivity index (χ0n) is 24.9. The molecule has 1 saturated carbocycles. The number of allylic oxidation sites excluding steroid dienone is 2. The maximum absolute atomic E-state index is 14.4. The number of carboxylic acids is 1. The number of carbonyl (C=O) groups excluding carboxylic acids is 4. The Hall–Kier alpha value is -4.94. The van der Waals surface area contributed by atoms with Crippen molar-refractivity contribution in [1.82, 2.24) is 0 Å². The molecule has 3 aromatic carbocycles. The minimum Gasteiger partial charge on any atom is -0.507 e. The molecule has 2 aliphatic carbocycles. The third-order valence-electron chi connectivity index (χ3n) is 9.93. The molecule has 0 bridgehead atoms. The van der Waals surface area contributed by atoms with Gasteiger partial charge in [-0.1, -0.05) is 23.8 Å². The number of carbonyl (C=O) groups is 5. The van der Waals surface area contributed by atoms with Crippen LogP contribution in [0.2, 0.25) is 0 Å². The lowest BCUT2D eigenvalue weighted by Gasteiger charge is -2.50. The van der Waals surface area contributed by atoms with Gasteiger partial charge in [-0.25, -0.2) is 19.0 Å². The number of rotatable bonds is 5. The zero-order valence-corrected chi connectivity index (χ0v) is 26.4. The van der Waals surface area contributed by atoms with Gasteiger partial charge in [0.15, 0.2) is 21.2 Å². The van der Waals surface area contributed by atoms with Crippen LogP contribution in [0.3, 0.4) is 0 Å². The summed E-state index contributed by atoms with van der Waals surface area (Å²) in [5.41, 5.74) is 0.0226. The number of ether oxygens (including phenoxy) is 1. The van der Waals surface area contributed by atoms with Crippen LogP contribution < -0.4 is 14.5 Å². The third-order valence-corrected chi connectivity index (χ3v) is 11.3. The molecule has 4 amide bonds. The minimum atomic E-state index is -2.26. The van der Waals surface area contributed by atoms with Crippen molar-refractivity contribution in [1.29, 1.82) is 0 Å². The number of hydrogen-bond acceptors (Lipinski definition) is 8. The van der Waals surface area contributed by atoms with Gasteiger partial charge in [-0.15, -0.1) is 23.2 Å². The van der Waals surface area contributed by atoms with Crippen LogP contribution in [0.5, 0.6) is 17.2 Å². The van der Waals surface area contributed by atoms with Crippen LogP contribution in [0.15, 0.2) is 72.3 Å². The predicted molar refractivity (Wildman–Crippen MR) is 169 cm³/mol. The van der Waals surface area contributed by atoms with Crippen molar-refractivity contribution in [2.45, 2.75) is 28.5 Å². The van der Waals surface area contributed by atoms with Crippen LogP contribution in [0.4, 0.5) is 15.8 Å². The number of phenolic OH excluding ortho intramolecular Hbond substituents is 1. The van der Waals surface area contributed by atoms with Crippen LogP contribution in [-0.2, 0) is 19.2 Å². The maximum Gasteiger partial charge on any atom is 0.339 e. The number of anilines is 2. The number of imide groups is 2. The van der Waals surface area contributed by atoms with Crippen LogP contribution in [0.1, 0.15) is 34.7 Å². The standard InChI is InChI=1S/C34H25Cl2FN2O9/c1-48-24-4-2-3-21(27(24)41)26-18-11-12-20-25(29(43)38(28(20)42)17-9-10-19(30(44)45)23(40)13-17)22(18)14-33(35)31(46)39(32(47)34(26,33)36)16-7-5-15(37)6-8-16/h2-11,13,20,22,25-26,40-41H,12,14H2,1H3,(H,44,45)/t20-,22+,25-,26+,33+,34-/m0/s1. The number of hydrogen-bond donors (Lipinski definition) is 3. The Morgan fingerprint density at radius 2 is 1.60 bits per heavy atom. The number of carboxylic acid groups (broad SMARTS) is 1. The monoisotopic (exact) mass is 694 g/mol. The number of aromatic hydroxyl groups is 2. The summed E-state index contributed by atoms with van der Waals surface area (Å²) >= 11 is 14.6. The number of amides is 4. The summed E-state index contributed by atoms with van der Waals surface area (Å²) < 4.78 is 19.2. The molecule has 0 aromatic heterocycles. The van der Waals surface area contributed by atoms with E-state index >= 15 is 0 Å². The van der Waals surface area contributed by atoms with Gasteiger partial charge in [0, 0.05) is 17.5 Å². The normalized spacial score (nSPS) is 29.4. The maximum atomic E-state index is 14.4. The van der Waals surface area contributed by atoms with Gasteiger partial charge in [0.25, 0.3) is 11.8 Å². The second-order valence-corrected chi connectivity index (χ2v) is 13.4. The number of methoxy groups -OCH3 is 1. The zero-order chi connectivity index (χ0) is 34.4. The fourth-order valence-electron chi connectivity index (χ4n) is 7.78. The van der Waals surface area contributed by atoms with Gasteiger partial charge >= 0.3 is 5.97 Å². The van der Waals surface area contributed by atoms with E-state index in [2.05, 4.69) is 0 Å². The van der Waals surface area contributed by atoms with E-state index in [1.54, 1.807) is 12.1 Å². The summed E-state index contributed by atoms with van der Waals surface area (Å²) in [6.45, 7) is 0. The molecule has 3 N–H and O–H groups in total. The topological polar surface area (TPSA) is 162 Å². The molecular weight excluding hydrogens is 670 g/mol. The number of phenols is 2. The van der Waals surface area contributed by atoms with Gasteiger partial charge in [0.05, 0.1) is 30.3 Å². The summed E-state index contributed by atoms with van der Waals surface area (Å²) in [5.74, 6) is -10.4. The van der Waals surface area contributed by atoms with Gasteiger partial charge in [0.2, 0.25) is 11.8 Å². The van der Waals surface area contributed by atoms with Gasteiger partial charge in [-0.3, -0.25) is 19.2 Å². The molecule has 0 spiro atoms. The molecule has 3 fully saturated rings. The average Bonchev–Trinajstić information content (AvgIpc) is 3.39. The van der Waals surface area contributed by atoms with Crippen molar-refractivity contribution in [2.24, 2.45) is 17.8 Å². The molecule has 11 nitrogen and oxygen atoms in total. The van der Waals surface area contributed by atoms with Crippen LogP contribution in [0.25, 0.3) is 0 Å². The van der Waals surface area contributed by atoms with Gasteiger partial charge in [-0.2, -0.15) is 0 Å². The molecule has 14 heteroatoms. The van der Waals surface area contributed by atoms with Gasteiger partial charge in [-0.05, 0) is 61.2 Å². The number of aromatic carboxylic acids is 1. The number of nitrogens with zero attached hydrogens (tertiary/aromatic N) is 2. The minimum absolute atomic E-state index is 0.00667. The van der Waals surface area contributed by atoms with Crippen molar-refractivity contribution in [3.8, 4) is 17.2 Å². The molecule has 2 aliphatic heterocycles. The van der Waals surface area contributed by atoms with Crippen molar-refractivity contribution < 1.29 is 48.4 Å². The second-order valence-electron chi connectivity index (χ2n) is 12.2. The van der Waals surface area contributed by atoms with E-state index in [0.717, 1.165) is 34.1 Å². The van der Waals surface area contributed by atoms with E-state index < -0.39 is 80.1 Å². The van der Waals surface area contributed by atoms with E-state index in [-0.39, 0.29) is 41.3 Å². The van der Waals surface area contributed by atoms with E-state index in [0.29, 0.717) is 5.57 Å². The van der Waals surface area contributed by atoms with Crippen molar-refractivity contribution in [2.75, 3.05) is 16.9 Å². The molecule has 2 saturated heterocycles. The molecule has 4 aliphatic rings. The lowest BCUT2D eigenvalue weighted by atomic mass is 9.56. The molecule has 3 aromatic rings. The highest BCUT2D eigenvalue weighted by Crippen LogP contribution is 2.67. The van der Waals surface area contributed by atoms with Gasteiger partial charge in [0.1, 0.15) is 17.1 Å². The summed E-state index contributed by atoms with van der Waals surface area (Å²) in [6, 6.07) is 12.4. The number of fused-ring (bicyclic) bond motifs is 4. The highest BCUT2D eigenvalue weighted by molar-refractivity contribution is 6.58. The second kappa shape index (κ2) is 10.8. The summed E-state index contributed by atoms with van der Waals surface area (Å²) in [5, 5.41) is 31.0. The third kappa shape index (κ3) is 4.08. The Kier molecular flexibility index (Phi) is 7.12. The van der Waals surface area contributed by atoms with Crippen LogP contribution >= 0.6 is 23.2 Å². The van der Waals surface area contributed by atoms with E-state index in [4.69, 9.17) is 27.9 Å². The summed E-state index contributed by atoms with van der Waals surface area (Å²) in [4.78, 5) is 65.4. The smallest absolute Gasteiger partial charge is 0.339 e. The van der Waals surface area contributed by atoms with Crippen LogP contribution in [0, 0.1) is 23.6 Å². The number of halogens is 3. The van der Waals surface area contributed by atoms with Gasteiger partial charge < -0.3 is 20.1 Å². The first-order valence-electron chi connectivity index (χ1n) is 14.8. The number of para-hydroxylation sites is 1.